The largest absolute Gasteiger partial charge is 0.368 e. The summed E-state index contributed by atoms with van der Waals surface area (Å²) in [6.45, 7) is 0.754. The lowest BCUT2D eigenvalue weighted by Gasteiger charge is -2.06. The van der Waals surface area contributed by atoms with Gasteiger partial charge in [-0.1, -0.05) is 18.2 Å². The van der Waals surface area contributed by atoms with Gasteiger partial charge in [0.05, 0.1) is 0 Å². The second-order valence-corrected chi connectivity index (χ2v) is 6.09. The zero-order valence-electron chi connectivity index (χ0n) is 13.2. The number of benzene rings is 1. The fourth-order valence-corrected chi connectivity index (χ4v) is 2.70. The molecule has 3 aromatic rings. The number of carbonyl (C=O) groups is 1. The third-order valence-corrected chi connectivity index (χ3v) is 4.19. The maximum absolute atomic E-state index is 11.9. The number of aromatic nitrogens is 3. The molecular weight excluding hydrogens is 302 g/mol. The third kappa shape index (κ3) is 3.22. The molecule has 2 heterocycles. The van der Waals surface area contributed by atoms with Crippen molar-refractivity contribution in [1.82, 2.24) is 20.5 Å². The quantitative estimate of drug-likeness (QED) is 0.651. The Labute approximate surface area is 139 Å². The molecule has 122 valence electrons. The van der Waals surface area contributed by atoms with Gasteiger partial charge < -0.3 is 15.6 Å². The van der Waals surface area contributed by atoms with E-state index in [-0.39, 0.29) is 5.91 Å². The molecule has 1 aliphatic carbocycles. The van der Waals surface area contributed by atoms with Crippen LogP contribution in [0.1, 0.15) is 28.9 Å². The van der Waals surface area contributed by atoms with Crippen LogP contribution < -0.4 is 10.6 Å². The summed E-state index contributed by atoms with van der Waals surface area (Å²) in [5.41, 5.74) is 2.79. The van der Waals surface area contributed by atoms with Crippen LogP contribution >= 0.6 is 0 Å². The Hall–Kier alpha value is -2.89. The van der Waals surface area contributed by atoms with Gasteiger partial charge in [0.1, 0.15) is 5.82 Å². The molecule has 1 aliphatic rings. The molecule has 24 heavy (non-hydrogen) atoms. The van der Waals surface area contributed by atoms with Gasteiger partial charge in [0.2, 0.25) is 0 Å². The van der Waals surface area contributed by atoms with Crippen molar-refractivity contribution in [3.05, 3.63) is 53.9 Å². The number of nitrogens with zero attached hydrogens (tertiary/aromatic N) is 2. The molecule has 0 atom stereocenters. The van der Waals surface area contributed by atoms with Crippen molar-refractivity contribution in [2.24, 2.45) is 0 Å². The Bertz CT molecular complexity index is 851. The lowest BCUT2D eigenvalue weighted by Crippen LogP contribution is -2.26. The molecule has 2 aromatic heterocycles. The molecule has 0 bridgehead atoms. The predicted octanol–water partition coefficient (Wildman–Crippen LogP) is 2.50. The summed E-state index contributed by atoms with van der Waals surface area (Å²) in [6.07, 6.45) is 5.05. The summed E-state index contributed by atoms with van der Waals surface area (Å²) in [5, 5.41) is 15.5. The van der Waals surface area contributed by atoms with Crippen LogP contribution in [0, 0.1) is 0 Å². The van der Waals surface area contributed by atoms with Crippen molar-refractivity contribution in [2.75, 3.05) is 11.9 Å². The normalized spacial score (nSPS) is 13.8. The predicted molar refractivity (Wildman–Crippen MR) is 93.0 cm³/mol. The number of nitrogens with one attached hydrogen (secondary N) is 3. The van der Waals surface area contributed by atoms with Gasteiger partial charge in [-0.3, -0.25) is 4.79 Å². The van der Waals surface area contributed by atoms with E-state index in [2.05, 4.69) is 37.9 Å². The first-order valence-electron chi connectivity index (χ1n) is 8.23. The number of amides is 1. The maximum atomic E-state index is 11.9. The molecule has 0 unspecified atom stereocenters. The monoisotopic (exact) mass is 321 g/mol. The number of rotatable bonds is 6. The lowest BCUT2D eigenvalue weighted by atomic mass is 10.1. The van der Waals surface area contributed by atoms with Crippen LogP contribution in [-0.4, -0.2) is 33.7 Å². The molecule has 0 saturated heterocycles. The molecular formula is C18H19N5O. The van der Waals surface area contributed by atoms with Gasteiger partial charge in [-0.25, -0.2) is 0 Å². The fourth-order valence-electron chi connectivity index (χ4n) is 2.70. The van der Waals surface area contributed by atoms with Gasteiger partial charge in [0, 0.05) is 29.7 Å². The Morgan fingerprint density at radius 3 is 2.83 bits per heavy atom. The van der Waals surface area contributed by atoms with Gasteiger partial charge >= 0.3 is 0 Å². The summed E-state index contributed by atoms with van der Waals surface area (Å²) < 4.78 is 0. The highest BCUT2D eigenvalue weighted by Crippen LogP contribution is 2.19. The van der Waals surface area contributed by atoms with Crippen molar-refractivity contribution in [3.8, 4) is 0 Å². The molecule has 6 nitrogen and oxygen atoms in total. The SMILES string of the molecule is O=C(NC1CC1)c1ccc(NCCc2c[nH]c3ccccc23)nn1. The van der Waals surface area contributed by atoms with Crippen LogP contribution in [0.5, 0.6) is 0 Å². The van der Waals surface area contributed by atoms with Crippen LogP contribution in [0.25, 0.3) is 10.9 Å². The number of hydrogen-bond acceptors (Lipinski definition) is 4. The maximum Gasteiger partial charge on any atom is 0.272 e. The Kier molecular flexibility index (Phi) is 3.86. The topological polar surface area (TPSA) is 82.7 Å². The van der Waals surface area contributed by atoms with Crippen LogP contribution in [0.3, 0.4) is 0 Å². The Morgan fingerprint density at radius 2 is 2.04 bits per heavy atom. The molecule has 0 radical (unpaired) electrons. The van der Waals surface area contributed by atoms with Gasteiger partial charge in [0.25, 0.3) is 5.91 Å². The summed E-state index contributed by atoms with van der Waals surface area (Å²) in [7, 11) is 0. The minimum absolute atomic E-state index is 0.143. The van der Waals surface area contributed by atoms with Crippen molar-refractivity contribution in [3.63, 3.8) is 0 Å². The summed E-state index contributed by atoms with van der Waals surface area (Å²) in [5.74, 6) is 0.535. The van der Waals surface area contributed by atoms with E-state index >= 15 is 0 Å². The second kappa shape index (κ2) is 6.31. The summed E-state index contributed by atoms with van der Waals surface area (Å²) in [6, 6.07) is 12.1. The van der Waals surface area contributed by atoms with Crippen molar-refractivity contribution < 1.29 is 4.79 Å². The molecule has 1 saturated carbocycles. The van der Waals surface area contributed by atoms with Crippen LogP contribution in [0.2, 0.25) is 0 Å². The average Bonchev–Trinajstić information content (AvgIpc) is 3.34. The molecule has 6 heteroatoms. The van der Waals surface area contributed by atoms with Crippen molar-refractivity contribution in [1.29, 1.82) is 0 Å². The molecule has 1 fully saturated rings. The third-order valence-electron chi connectivity index (χ3n) is 4.19. The fraction of sp³-hybridized carbons (Fsp3) is 0.278. The van der Waals surface area contributed by atoms with Crippen LogP contribution in [0.4, 0.5) is 5.82 Å². The second-order valence-electron chi connectivity index (χ2n) is 6.09. The van der Waals surface area contributed by atoms with Crippen LogP contribution in [0.15, 0.2) is 42.6 Å². The number of anilines is 1. The minimum atomic E-state index is -0.143. The minimum Gasteiger partial charge on any atom is -0.368 e. The zero-order chi connectivity index (χ0) is 16.4. The highest BCUT2D eigenvalue weighted by molar-refractivity contribution is 5.92. The highest BCUT2D eigenvalue weighted by Gasteiger charge is 2.24. The zero-order valence-corrected chi connectivity index (χ0v) is 13.2. The summed E-state index contributed by atoms with van der Waals surface area (Å²) in [4.78, 5) is 15.1. The van der Waals surface area contributed by atoms with Gasteiger partial charge in [-0.05, 0) is 43.0 Å². The van der Waals surface area contributed by atoms with E-state index < -0.39 is 0 Å². The van der Waals surface area contributed by atoms with Gasteiger partial charge in [-0.15, -0.1) is 10.2 Å². The summed E-state index contributed by atoms with van der Waals surface area (Å²) >= 11 is 0. The standard InChI is InChI=1S/C18H19N5O/c24-18(21-13-5-6-13)16-7-8-17(23-22-16)19-10-9-12-11-20-15-4-2-1-3-14(12)15/h1-4,7-8,11,13,20H,5-6,9-10H2,(H,19,23)(H,21,24). The van der Waals surface area contributed by atoms with Gasteiger partial charge in [-0.2, -0.15) is 0 Å². The van der Waals surface area contributed by atoms with E-state index in [1.165, 1.54) is 10.9 Å². The molecule has 4 rings (SSSR count). The molecule has 1 aromatic carbocycles. The molecule has 0 aliphatic heterocycles. The van der Waals surface area contributed by atoms with E-state index in [1.807, 2.05) is 18.3 Å². The molecule has 0 spiro atoms. The van der Waals surface area contributed by atoms with E-state index in [9.17, 15) is 4.79 Å². The van der Waals surface area contributed by atoms with E-state index in [4.69, 9.17) is 0 Å². The molecule has 3 N–H and O–H groups in total. The number of carbonyl (C=O) groups excluding carboxylic acids is 1. The van der Waals surface area contributed by atoms with Gasteiger partial charge in [0.15, 0.2) is 5.69 Å². The lowest BCUT2D eigenvalue weighted by molar-refractivity contribution is 0.0945. The Morgan fingerprint density at radius 1 is 1.17 bits per heavy atom. The first-order chi connectivity index (χ1) is 11.8. The van der Waals surface area contributed by atoms with E-state index in [0.29, 0.717) is 17.6 Å². The van der Waals surface area contributed by atoms with E-state index in [1.54, 1.807) is 12.1 Å². The highest BCUT2D eigenvalue weighted by atomic mass is 16.2. The number of para-hydroxylation sites is 1. The Balaban J connectivity index is 1.33. The first-order valence-corrected chi connectivity index (χ1v) is 8.23. The number of aromatic amines is 1. The number of hydrogen-bond donors (Lipinski definition) is 3. The first kappa shape index (κ1) is 14.7. The average molecular weight is 321 g/mol. The molecule has 1 amide bonds. The smallest absolute Gasteiger partial charge is 0.272 e. The van der Waals surface area contributed by atoms with Crippen LogP contribution in [-0.2, 0) is 6.42 Å². The van der Waals surface area contributed by atoms with E-state index in [0.717, 1.165) is 31.3 Å². The number of H-pyrrole nitrogens is 1. The number of fused-ring (bicyclic) bond motifs is 1. The van der Waals surface area contributed by atoms with Crippen molar-refractivity contribution in [2.45, 2.75) is 25.3 Å². The van der Waals surface area contributed by atoms with Crippen molar-refractivity contribution >= 4 is 22.6 Å².